The third kappa shape index (κ3) is 5.99. The number of carbonyl (C=O) groups is 2. The number of ether oxygens (including phenoxy) is 1. The van der Waals surface area contributed by atoms with Crippen LogP contribution >= 0.6 is 0 Å². The minimum Gasteiger partial charge on any atom is -0.481 e. The summed E-state index contributed by atoms with van der Waals surface area (Å²) in [4.78, 5) is 28.4. The van der Waals surface area contributed by atoms with Crippen LogP contribution in [0.1, 0.15) is 6.92 Å². The summed E-state index contributed by atoms with van der Waals surface area (Å²) in [6, 6.07) is 11.1. The smallest absolute Gasteiger partial charge is 0.263 e. The molecule has 0 aromatic heterocycles. The van der Waals surface area contributed by atoms with E-state index in [1.807, 2.05) is 4.90 Å². The van der Waals surface area contributed by atoms with Gasteiger partial charge < -0.3 is 15.0 Å². The van der Waals surface area contributed by atoms with Crippen molar-refractivity contribution in [2.75, 3.05) is 38.0 Å². The summed E-state index contributed by atoms with van der Waals surface area (Å²) in [5, 5.41) is 2.73. The van der Waals surface area contributed by atoms with E-state index in [4.69, 9.17) is 4.74 Å². The molecule has 8 heteroatoms. The highest BCUT2D eigenvalue weighted by molar-refractivity contribution is 5.92. The zero-order valence-electron chi connectivity index (χ0n) is 16.1. The van der Waals surface area contributed by atoms with E-state index in [1.54, 1.807) is 11.8 Å². The molecule has 0 bridgehead atoms. The molecule has 1 atom stereocenters. The molecule has 3 rings (SSSR count). The van der Waals surface area contributed by atoms with Crippen molar-refractivity contribution in [1.29, 1.82) is 0 Å². The van der Waals surface area contributed by atoms with Crippen molar-refractivity contribution < 1.29 is 23.1 Å². The Kier molecular flexibility index (Phi) is 6.77. The number of benzene rings is 2. The number of rotatable bonds is 6. The van der Waals surface area contributed by atoms with Crippen molar-refractivity contribution in [3.05, 3.63) is 60.2 Å². The fourth-order valence-electron chi connectivity index (χ4n) is 3.09. The van der Waals surface area contributed by atoms with Crippen molar-refractivity contribution >= 4 is 17.5 Å². The van der Waals surface area contributed by atoms with Gasteiger partial charge in [0.25, 0.3) is 5.91 Å². The van der Waals surface area contributed by atoms with Gasteiger partial charge in [-0.1, -0.05) is 0 Å². The number of carbonyl (C=O) groups excluding carboxylic acids is 2. The van der Waals surface area contributed by atoms with E-state index >= 15 is 0 Å². The highest BCUT2D eigenvalue weighted by atomic mass is 19.1. The second-order valence-corrected chi connectivity index (χ2v) is 6.87. The fraction of sp³-hybridized carbons (Fsp3) is 0.333. The number of halogens is 2. The monoisotopic (exact) mass is 403 g/mol. The molecule has 2 aromatic carbocycles. The van der Waals surface area contributed by atoms with Crippen LogP contribution < -0.4 is 10.1 Å². The largest absolute Gasteiger partial charge is 0.481 e. The van der Waals surface area contributed by atoms with Crippen LogP contribution in [0.25, 0.3) is 0 Å². The Morgan fingerprint density at radius 3 is 2.10 bits per heavy atom. The lowest BCUT2D eigenvalue weighted by Crippen LogP contribution is -2.53. The Hall–Kier alpha value is -3.00. The number of hydrogen-bond donors (Lipinski definition) is 1. The van der Waals surface area contributed by atoms with Crippen molar-refractivity contribution in [2.45, 2.75) is 13.0 Å². The van der Waals surface area contributed by atoms with Gasteiger partial charge in [0.2, 0.25) is 5.91 Å². The molecule has 1 N–H and O–H groups in total. The topological polar surface area (TPSA) is 61.9 Å². The van der Waals surface area contributed by atoms with E-state index < -0.39 is 6.10 Å². The van der Waals surface area contributed by atoms with E-state index in [9.17, 15) is 18.4 Å². The molecule has 1 heterocycles. The van der Waals surface area contributed by atoms with Crippen LogP contribution in [0, 0.1) is 11.6 Å². The van der Waals surface area contributed by atoms with Crippen molar-refractivity contribution in [3.63, 3.8) is 0 Å². The number of amides is 2. The first-order valence-electron chi connectivity index (χ1n) is 9.39. The second kappa shape index (κ2) is 9.47. The van der Waals surface area contributed by atoms with Gasteiger partial charge >= 0.3 is 0 Å². The maximum atomic E-state index is 13.0. The van der Waals surface area contributed by atoms with E-state index in [0.29, 0.717) is 37.6 Å². The minimum atomic E-state index is -0.686. The van der Waals surface area contributed by atoms with Gasteiger partial charge in [0.15, 0.2) is 6.10 Å². The van der Waals surface area contributed by atoms with E-state index in [0.717, 1.165) is 0 Å². The highest BCUT2D eigenvalue weighted by Crippen LogP contribution is 2.15. The van der Waals surface area contributed by atoms with Gasteiger partial charge in [0, 0.05) is 31.9 Å². The lowest BCUT2D eigenvalue weighted by molar-refractivity contribution is -0.139. The first kappa shape index (κ1) is 20.7. The average Bonchev–Trinajstić information content (AvgIpc) is 2.71. The summed E-state index contributed by atoms with van der Waals surface area (Å²) in [6.45, 7) is 3.95. The highest BCUT2D eigenvalue weighted by Gasteiger charge is 2.26. The van der Waals surface area contributed by atoms with Crippen LogP contribution in [0.15, 0.2) is 48.5 Å². The molecule has 2 aromatic rings. The van der Waals surface area contributed by atoms with Gasteiger partial charge in [-0.15, -0.1) is 0 Å². The summed E-state index contributed by atoms with van der Waals surface area (Å²) < 4.78 is 31.5. The Morgan fingerprint density at radius 1 is 0.966 bits per heavy atom. The van der Waals surface area contributed by atoms with Crippen molar-refractivity contribution in [1.82, 2.24) is 9.80 Å². The van der Waals surface area contributed by atoms with Gasteiger partial charge in [0.1, 0.15) is 17.4 Å². The molecule has 0 spiro atoms. The molecule has 29 heavy (non-hydrogen) atoms. The molecule has 154 valence electrons. The van der Waals surface area contributed by atoms with E-state index in [2.05, 4.69) is 5.32 Å². The van der Waals surface area contributed by atoms with Crippen LogP contribution in [0.3, 0.4) is 0 Å². The summed E-state index contributed by atoms with van der Waals surface area (Å²) in [5.41, 5.74) is 0.539. The van der Waals surface area contributed by atoms with Crippen LogP contribution in [0.2, 0.25) is 0 Å². The molecule has 1 unspecified atom stereocenters. The maximum absolute atomic E-state index is 13.0. The minimum absolute atomic E-state index is 0.148. The Morgan fingerprint density at radius 2 is 1.52 bits per heavy atom. The standard InChI is InChI=1S/C21H23F2N3O3/c1-15(29-19-8-4-17(23)5-9-19)21(28)26-12-10-25(11-13-26)14-20(27)24-18-6-2-16(22)3-7-18/h2-9,15H,10-14H2,1H3,(H,24,27). The van der Waals surface area contributed by atoms with Gasteiger partial charge in [-0.05, 0) is 55.5 Å². The van der Waals surface area contributed by atoms with E-state index in [-0.39, 0.29) is 30.0 Å². The first-order chi connectivity index (χ1) is 13.9. The predicted octanol–water partition coefficient (Wildman–Crippen LogP) is 2.52. The van der Waals surface area contributed by atoms with Crippen molar-refractivity contribution in [3.8, 4) is 5.75 Å². The SMILES string of the molecule is CC(Oc1ccc(F)cc1)C(=O)N1CCN(CC(=O)Nc2ccc(F)cc2)CC1. The number of nitrogens with zero attached hydrogens (tertiary/aromatic N) is 2. The van der Waals surface area contributed by atoms with E-state index in [1.165, 1.54) is 48.5 Å². The molecule has 6 nitrogen and oxygen atoms in total. The zero-order valence-corrected chi connectivity index (χ0v) is 16.1. The molecule has 0 saturated carbocycles. The molecular formula is C21H23F2N3O3. The third-order valence-corrected chi connectivity index (χ3v) is 4.65. The summed E-state index contributed by atoms with van der Waals surface area (Å²) in [5.74, 6) is -0.630. The van der Waals surface area contributed by atoms with Crippen LogP contribution in [-0.4, -0.2) is 60.4 Å². The first-order valence-corrected chi connectivity index (χ1v) is 9.39. The lowest BCUT2D eigenvalue weighted by Gasteiger charge is -2.35. The van der Waals surface area contributed by atoms with Crippen molar-refractivity contribution in [2.24, 2.45) is 0 Å². The third-order valence-electron chi connectivity index (χ3n) is 4.65. The molecule has 2 amide bonds. The van der Waals surface area contributed by atoms with Gasteiger partial charge in [-0.3, -0.25) is 14.5 Å². The number of nitrogens with one attached hydrogen (secondary N) is 1. The quantitative estimate of drug-likeness (QED) is 0.805. The predicted molar refractivity (Wildman–Crippen MR) is 105 cm³/mol. The molecule has 1 aliphatic heterocycles. The number of piperazine rings is 1. The lowest BCUT2D eigenvalue weighted by atomic mass is 10.2. The Labute approximate surface area is 168 Å². The second-order valence-electron chi connectivity index (χ2n) is 6.87. The van der Waals surface area contributed by atoms with Crippen LogP contribution in [0.4, 0.5) is 14.5 Å². The number of hydrogen-bond acceptors (Lipinski definition) is 4. The van der Waals surface area contributed by atoms with Crippen LogP contribution in [-0.2, 0) is 9.59 Å². The molecule has 1 fully saturated rings. The summed E-state index contributed by atoms with van der Waals surface area (Å²) in [6.07, 6.45) is -0.686. The Bertz CT molecular complexity index is 835. The molecule has 0 radical (unpaired) electrons. The molecule has 1 saturated heterocycles. The molecular weight excluding hydrogens is 380 g/mol. The van der Waals surface area contributed by atoms with Crippen LogP contribution in [0.5, 0.6) is 5.75 Å². The number of anilines is 1. The Balaban J connectivity index is 1.43. The normalized spacial score (nSPS) is 15.6. The maximum Gasteiger partial charge on any atom is 0.263 e. The van der Waals surface area contributed by atoms with Gasteiger partial charge in [0.05, 0.1) is 6.54 Å². The summed E-state index contributed by atoms with van der Waals surface area (Å²) in [7, 11) is 0. The average molecular weight is 403 g/mol. The summed E-state index contributed by atoms with van der Waals surface area (Å²) >= 11 is 0. The molecule has 0 aliphatic carbocycles. The zero-order chi connectivity index (χ0) is 20.8. The fourth-order valence-corrected chi connectivity index (χ4v) is 3.09. The van der Waals surface area contributed by atoms with Gasteiger partial charge in [-0.2, -0.15) is 0 Å². The van der Waals surface area contributed by atoms with Gasteiger partial charge in [-0.25, -0.2) is 8.78 Å². The molecule has 1 aliphatic rings.